The molecule has 1 atom stereocenters. The van der Waals surface area contributed by atoms with Gasteiger partial charge >= 0.3 is 6.09 Å². The summed E-state index contributed by atoms with van der Waals surface area (Å²) in [6, 6.07) is -0.944. The minimum atomic E-state index is -1.29. The quantitative estimate of drug-likeness (QED) is 0.658. The highest BCUT2D eigenvalue weighted by molar-refractivity contribution is 5.86. The zero-order valence-corrected chi connectivity index (χ0v) is 8.25. The van der Waals surface area contributed by atoms with E-state index in [-0.39, 0.29) is 5.78 Å². The van der Waals surface area contributed by atoms with Gasteiger partial charge in [0, 0.05) is 0 Å². The van der Waals surface area contributed by atoms with Crippen LogP contribution in [-0.2, 0) is 9.53 Å². The van der Waals surface area contributed by atoms with Crippen molar-refractivity contribution in [2.75, 3.05) is 7.11 Å². The molecule has 0 aromatic heterocycles. The summed E-state index contributed by atoms with van der Waals surface area (Å²) in [6.07, 6.45) is -0.734. The van der Waals surface area contributed by atoms with Crippen LogP contribution < -0.4 is 5.32 Å². The maximum absolute atomic E-state index is 11.0. The maximum atomic E-state index is 11.0. The second-order valence-corrected chi connectivity index (χ2v) is 3.33. The van der Waals surface area contributed by atoms with Gasteiger partial charge in [-0.15, -0.1) is 0 Å². The summed E-state index contributed by atoms with van der Waals surface area (Å²) in [7, 11) is 1.19. The normalized spacial score (nSPS) is 13.3. The highest BCUT2D eigenvalue weighted by Crippen LogP contribution is 2.09. The van der Waals surface area contributed by atoms with Crippen molar-refractivity contribution in [2.45, 2.75) is 32.4 Å². The molecule has 76 valence electrons. The first-order valence-electron chi connectivity index (χ1n) is 3.86. The standard InChI is InChI=1S/C8H15NO4/c1-5(10)6(8(2,3)12)9-7(11)13-4/h6,12H,1-4H3,(H,9,11)/t6-/m1/s1. The Morgan fingerprint density at radius 3 is 2.15 bits per heavy atom. The van der Waals surface area contributed by atoms with Gasteiger partial charge in [0.1, 0.15) is 6.04 Å². The molecule has 0 rings (SSSR count). The molecular weight excluding hydrogens is 174 g/mol. The highest BCUT2D eigenvalue weighted by Gasteiger charge is 2.32. The van der Waals surface area contributed by atoms with Gasteiger partial charge in [-0.25, -0.2) is 4.79 Å². The van der Waals surface area contributed by atoms with Crippen LogP contribution in [-0.4, -0.2) is 35.7 Å². The lowest BCUT2D eigenvalue weighted by Gasteiger charge is -2.27. The van der Waals surface area contributed by atoms with Crippen LogP contribution in [0.5, 0.6) is 0 Å². The number of hydrogen-bond acceptors (Lipinski definition) is 4. The molecule has 0 aliphatic heterocycles. The van der Waals surface area contributed by atoms with Crippen molar-refractivity contribution in [1.82, 2.24) is 5.32 Å². The third-order valence-corrected chi connectivity index (χ3v) is 1.56. The van der Waals surface area contributed by atoms with Crippen LogP contribution in [0.4, 0.5) is 4.79 Å². The molecule has 2 N–H and O–H groups in total. The number of carbonyl (C=O) groups is 2. The molecule has 0 aliphatic rings. The first-order valence-corrected chi connectivity index (χ1v) is 3.86. The number of Topliss-reactive ketones (excluding diaryl/α,β-unsaturated/α-hetero) is 1. The minimum absolute atomic E-state index is 0.321. The zero-order valence-electron chi connectivity index (χ0n) is 8.25. The lowest BCUT2D eigenvalue weighted by atomic mass is 9.96. The minimum Gasteiger partial charge on any atom is -0.453 e. The van der Waals surface area contributed by atoms with Crippen molar-refractivity contribution < 1.29 is 19.4 Å². The molecule has 0 fully saturated rings. The van der Waals surface area contributed by atoms with Gasteiger partial charge in [-0.05, 0) is 20.8 Å². The van der Waals surface area contributed by atoms with Crippen molar-refractivity contribution in [2.24, 2.45) is 0 Å². The van der Waals surface area contributed by atoms with Crippen LogP contribution in [0.1, 0.15) is 20.8 Å². The number of ketones is 1. The molecule has 0 spiro atoms. The number of methoxy groups -OCH3 is 1. The number of aliphatic hydroxyl groups is 1. The average molecular weight is 189 g/mol. The summed E-state index contributed by atoms with van der Waals surface area (Å²) in [5, 5.41) is 11.7. The molecule has 0 aromatic carbocycles. The van der Waals surface area contributed by atoms with Crippen LogP contribution in [0.15, 0.2) is 0 Å². The number of rotatable bonds is 3. The Balaban J connectivity index is 4.46. The molecule has 0 saturated carbocycles. The third-order valence-electron chi connectivity index (χ3n) is 1.56. The summed E-state index contributed by atoms with van der Waals surface area (Å²) in [5.41, 5.74) is -1.29. The Morgan fingerprint density at radius 2 is 1.92 bits per heavy atom. The molecule has 13 heavy (non-hydrogen) atoms. The first kappa shape index (κ1) is 11.9. The third kappa shape index (κ3) is 3.89. The smallest absolute Gasteiger partial charge is 0.407 e. The maximum Gasteiger partial charge on any atom is 0.407 e. The fourth-order valence-corrected chi connectivity index (χ4v) is 0.952. The SMILES string of the molecule is COC(=O)N[C@H](C(C)=O)C(C)(C)O. The Morgan fingerprint density at radius 1 is 1.46 bits per heavy atom. The molecule has 0 heterocycles. The Bertz CT molecular complexity index is 207. The van der Waals surface area contributed by atoms with Crippen molar-refractivity contribution in [1.29, 1.82) is 0 Å². The van der Waals surface area contributed by atoms with Gasteiger partial charge in [-0.3, -0.25) is 4.79 Å². The molecule has 0 aromatic rings. The highest BCUT2D eigenvalue weighted by atomic mass is 16.5. The predicted molar refractivity (Wildman–Crippen MR) is 46.3 cm³/mol. The first-order chi connectivity index (χ1) is 5.79. The fraction of sp³-hybridized carbons (Fsp3) is 0.750. The van der Waals surface area contributed by atoms with Crippen LogP contribution in [0.2, 0.25) is 0 Å². The van der Waals surface area contributed by atoms with E-state index in [9.17, 15) is 14.7 Å². The van der Waals surface area contributed by atoms with E-state index in [0.29, 0.717) is 0 Å². The van der Waals surface area contributed by atoms with Gasteiger partial charge in [0.25, 0.3) is 0 Å². The summed E-state index contributed by atoms with van der Waals surface area (Å²) in [6.45, 7) is 4.17. The number of hydrogen-bond donors (Lipinski definition) is 2. The zero-order chi connectivity index (χ0) is 10.6. The topological polar surface area (TPSA) is 75.6 Å². The van der Waals surface area contributed by atoms with E-state index < -0.39 is 17.7 Å². The van der Waals surface area contributed by atoms with Gasteiger partial charge in [-0.2, -0.15) is 0 Å². The van der Waals surface area contributed by atoms with E-state index in [0.717, 1.165) is 0 Å². The van der Waals surface area contributed by atoms with Gasteiger partial charge < -0.3 is 15.2 Å². The molecule has 5 nitrogen and oxygen atoms in total. The largest absolute Gasteiger partial charge is 0.453 e. The molecule has 0 radical (unpaired) electrons. The van der Waals surface area contributed by atoms with Crippen LogP contribution >= 0.6 is 0 Å². The Kier molecular flexibility index (Phi) is 3.87. The average Bonchev–Trinajstić information content (AvgIpc) is 1.96. The fourth-order valence-electron chi connectivity index (χ4n) is 0.952. The van der Waals surface area contributed by atoms with Crippen molar-refractivity contribution >= 4 is 11.9 Å². The molecule has 0 unspecified atom stereocenters. The lowest BCUT2D eigenvalue weighted by Crippen LogP contribution is -2.53. The summed E-state index contributed by atoms with van der Waals surface area (Å²) in [5.74, 6) is -0.321. The van der Waals surface area contributed by atoms with E-state index in [4.69, 9.17) is 0 Å². The van der Waals surface area contributed by atoms with Gasteiger partial charge in [-0.1, -0.05) is 0 Å². The van der Waals surface area contributed by atoms with E-state index in [1.807, 2.05) is 0 Å². The van der Waals surface area contributed by atoms with E-state index >= 15 is 0 Å². The summed E-state index contributed by atoms with van der Waals surface area (Å²) >= 11 is 0. The Hall–Kier alpha value is -1.10. The van der Waals surface area contributed by atoms with Crippen LogP contribution in [0, 0.1) is 0 Å². The predicted octanol–water partition coefficient (Wildman–Crippen LogP) is 0.0709. The molecule has 0 aliphatic carbocycles. The number of alkyl carbamates (subject to hydrolysis) is 1. The number of amides is 1. The molecular formula is C8H15NO4. The van der Waals surface area contributed by atoms with E-state index in [2.05, 4.69) is 10.1 Å². The van der Waals surface area contributed by atoms with Gasteiger partial charge in [0.15, 0.2) is 5.78 Å². The number of ether oxygens (including phenoxy) is 1. The monoisotopic (exact) mass is 189 g/mol. The van der Waals surface area contributed by atoms with E-state index in [1.54, 1.807) is 0 Å². The number of carbonyl (C=O) groups excluding carboxylic acids is 2. The van der Waals surface area contributed by atoms with Gasteiger partial charge in [0.2, 0.25) is 0 Å². The van der Waals surface area contributed by atoms with Crippen LogP contribution in [0.3, 0.4) is 0 Å². The second-order valence-electron chi connectivity index (χ2n) is 3.33. The van der Waals surface area contributed by atoms with Crippen molar-refractivity contribution in [3.63, 3.8) is 0 Å². The molecule has 1 amide bonds. The lowest BCUT2D eigenvalue weighted by molar-refractivity contribution is -0.124. The van der Waals surface area contributed by atoms with Crippen LogP contribution in [0.25, 0.3) is 0 Å². The summed E-state index contributed by atoms with van der Waals surface area (Å²) < 4.78 is 4.31. The molecule has 0 saturated heterocycles. The van der Waals surface area contributed by atoms with Gasteiger partial charge in [0.05, 0.1) is 12.7 Å². The van der Waals surface area contributed by atoms with E-state index in [1.165, 1.54) is 27.9 Å². The second kappa shape index (κ2) is 4.23. The number of nitrogens with one attached hydrogen (secondary N) is 1. The van der Waals surface area contributed by atoms with Crippen molar-refractivity contribution in [3.8, 4) is 0 Å². The molecule has 5 heteroatoms. The Labute approximate surface area is 77.1 Å². The summed E-state index contributed by atoms with van der Waals surface area (Å²) in [4.78, 5) is 21.8. The molecule has 0 bridgehead atoms. The van der Waals surface area contributed by atoms with Crippen molar-refractivity contribution in [3.05, 3.63) is 0 Å².